The molecule has 0 amide bonds. The summed E-state index contributed by atoms with van der Waals surface area (Å²) in [5, 5.41) is 0.213. The van der Waals surface area contributed by atoms with Crippen LogP contribution in [0.2, 0.25) is 5.02 Å². The number of nitrogens with zero attached hydrogens (tertiary/aromatic N) is 1. The van der Waals surface area contributed by atoms with Crippen LogP contribution in [0.3, 0.4) is 0 Å². The number of hydrogen-bond donors (Lipinski definition) is 1. The average molecular weight is 365 g/mol. The van der Waals surface area contributed by atoms with E-state index in [4.69, 9.17) is 26.8 Å². The molecule has 1 heterocycles. The minimum absolute atomic E-state index is 0.119. The van der Waals surface area contributed by atoms with Gasteiger partial charge >= 0.3 is 5.97 Å². The van der Waals surface area contributed by atoms with Gasteiger partial charge in [0.2, 0.25) is 5.78 Å². The molecule has 0 fully saturated rings. The van der Waals surface area contributed by atoms with Gasteiger partial charge in [0.1, 0.15) is 11.3 Å². The molecule has 0 aliphatic heterocycles. The van der Waals surface area contributed by atoms with Gasteiger partial charge in [0, 0.05) is 29.6 Å². The number of benzene rings is 1. The van der Waals surface area contributed by atoms with E-state index in [0.29, 0.717) is 5.56 Å². The van der Waals surface area contributed by atoms with E-state index in [1.807, 2.05) is 25.3 Å². The van der Waals surface area contributed by atoms with Crippen molar-refractivity contribution in [3.8, 4) is 5.75 Å². The number of carbonyl (C=O) groups excluding carboxylic acids is 2. The predicted molar refractivity (Wildman–Crippen MR) is 96.6 cm³/mol. The molecular weight excluding hydrogens is 344 g/mol. The average Bonchev–Trinajstić information content (AvgIpc) is 2.88. The lowest BCUT2D eigenvalue weighted by Gasteiger charge is -2.10. The molecule has 0 saturated carbocycles. The van der Waals surface area contributed by atoms with Gasteiger partial charge < -0.3 is 19.8 Å². The Hall–Kier alpha value is -2.47. The summed E-state index contributed by atoms with van der Waals surface area (Å²) in [6.07, 6.45) is 0. The molecule has 2 aromatic rings. The molecule has 25 heavy (non-hydrogen) atoms. The summed E-state index contributed by atoms with van der Waals surface area (Å²) in [5.41, 5.74) is 8.49. The molecule has 0 aliphatic carbocycles. The van der Waals surface area contributed by atoms with E-state index in [9.17, 15) is 9.59 Å². The summed E-state index contributed by atoms with van der Waals surface area (Å²) in [6, 6.07) is 4.61. The fourth-order valence-corrected chi connectivity index (χ4v) is 2.92. The third-order valence-corrected chi connectivity index (χ3v) is 4.39. The number of ether oxygens (including phenoxy) is 2. The van der Waals surface area contributed by atoms with Gasteiger partial charge in [-0.05, 0) is 32.9 Å². The second-order valence-electron chi connectivity index (χ2n) is 5.60. The number of ketones is 1. The molecule has 2 rings (SSSR count). The minimum atomic E-state index is -0.698. The number of aromatic nitrogens is 1. The fourth-order valence-electron chi connectivity index (χ4n) is 2.75. The highest BCUT2D eigenvalue weighted by Gasteiger charge is 2.20. The Morgan fingerprint density at radius 1 is 1.20 bits per heavy atom. The van der Waals surface area contributed by atoms with E-state index in [1.54, 1.807) is 6.07 Å². The van der Waals surface area contributed by atoms with Gasteiger partial charge in [0.25, 0.3) is 0 Å². The van der Waals surface area contributed by atoms with Crippen molar-refractivity contribution in [2.45, 2.75) is 27.3 Å². The summed E-state index contributed by atoms with van der Waals surface area (Å²) < 4.78 is 12.3. The second-order valence-corrected chi connectivity index (χ2v) is 6.01. The SMILES string of the molecule is CCn1c(C)cc(C(=O)COC(=O)c2cc(Cl)c(N)cc2OC)c1C. The van der Waals surface area contributed by atoms with Gasteiger partial charge in [-0.25, -0.2) is 4.79 Å². The van der Waals surface area contributed by atoms with Crippen molar-refractivity contribution < 1.29 is 19.1 Å². The second kappa shape index (κ2) is 7.61. The minimum Gasteiger partial charge on any atom is -0.496 e. The first-order chi connectivity index (χ1) is 11.8. The van der Waals surface area contributed by atoms with Crippen LogP contribution in [0.1, 0.15) is 39.0 Å². The molecule has 2 N–H and O–H groups in total. The molecule has 0 unspecified atom stereocenters. The van der Waals surface area contributed by atoms with Crippen LogP contribution in [-0.4, -0.2) is 30.0 Å². The third-order valence-electron chi connectivity index (χ3n) is 4.06. The van der Waals surface area contributed by atoms with Crippen LogP contribution in [0.25, 0.3) is 0 Å². The molecule has 0 radical (unpaired) electrons. The summed E-state index contributed by atoms with van der Waals surface area (Å²) in [5.74, 6) is -0.721. The lowest BCUT2D eigenvalue weighted by atomic mass is 10.1. The Morgan fingerprint density at radius 2 is 1.88 bits per heavy atom. The van der Waals surface area contributed by atoms with E-state index < -0.39 is 5.97 Å². The highest BCUT2D eigenvalue weighted by atomic mass is 35.5. The zero-order valence-electron chi connectivity index (χ0n) is 14.7. The lowest BCUT2D eigenvalue weighted by molar-refractivity contribution is 0.0471. The number of rotatable bonds is 6. The number of esters is 1. The maximum Gasteiger partial charge on any atom is 0.342 e. The van der Waals surface area contributed by atoms with Gasteiger partial charge in [-0.1, -0.05) is 11.6 Å². The number of methoxy groups -OCH3 is 1. The number of nitrogens with two attached hydrogens (primary N) is 1. The lowest BCUT2D eigenvalue weighted by Crippen LogP contribution is -2.16. The normalized spacial score (nSPS) is 10.6. The molecule has 0 bridgehead atoms. The van der Waals surface area contributed by atoms with E-state index in [2.05, 4.69) is 0 Å². The third kappa shape index (κ3) is 3.79. The Kier molecular flexibility index (Phi) is 5.74. The number of nitrogen functional groups attached to an aromatic ring is 1. The molecular formula is C18H21ClN2O4. The van der Waals surface area contributed by atoms with Crippen LogP contribution in [0, 0.1) is 13.8 Å². The monoisotopic (exact) mass is 364 g/mol. The quantitative estimate of drug-likeness (QED) is 0.482. The molecule has 134 valence electrons. The number of anilines is 1. The summed E-state index contributed by atoms with van der Waals surface area (Å²) in [7, 11) is 1.41. The Morgan fingerprint density at radius 3 is 2.44 bits per heavy atom. The number of hydrogen-bond acceptors (Lipinski definition) is 5. The molecule has 0 atom stereocenters. The van der Waals surface area contributed by atoms with Gasteiger partial charge in [-0.3, -0.25) is 4.79 Å². The van der Waals surface area contributed by atoms with Crippen LogP contribution >= 0.6 is 11.6 Å². The van der Waals surface area contributed by atoms with Crippen LogP contribution < -0.4 is 10.5 Å². The Labute approximate surface area is 151 Å². The summed E-state index contributed by atoms with van der Waals surface area (Å²) >= 11 is 5.94. The van der Waals surface area contributed by atoms with E-state index in [-0.39, 0.29) is 34.4 Å². The largest absolute Gasteiger partial charge is 0.496 e. The smallest absolute Gasteiger partial charge is 0.342 e. The van der Waals surface area contributed by atoms with E-state index in [1.165, 1.54) is 19.2 Å². The number of aryl methyl sites for hydroxylation is 1. The van der Waals surface area contributed by atoms with Crippen LogP contribution in [-0.2, 0) is 11.3 Å². The molecule has 6 nitrogen and oxygen atoms in total. The summed E-state index contributed by atoms with van der Waals surface area (Å²) in [6.45, 7) is 6.21. The molecule has 0 spiro atoms. The first-order valence-electron chi connectivity index (χ1n) is 7.80. The highest BCUT2D eigenvalue weighted by molar-refractivity contribution is 6.33. The number of halogens is 1. The van der Waals surface area contributed by atoms with Gasteiger partial charge in [0.15, 0.2) is 6.61 Å². The molecule has 0 saturated heterocycles. The van der Waals surface area contributed by atoms with Crippen molar-refractivity contribution in [1.82, 2.24) is 4.57 Å². The molecule has 0 aliphatic rings. The predicted octanol–water partition coefficient (Wildman–Crippen LogP) is 3.41. The van der Waals surface area contributed by atoms with Crippen LogP contribution in [0.4, 0.5) is 5.69 Å². The molecule has 1 aromatic carbocycles. The Bertz CT molecular complexity index is 827. The molecule has 7 heteroatoms. The van der Waals surface area contributed by atoms with Gasteiger partial charge in [-0.2, -0.15) is 0 Å². The summed E-state index contributed by atoms with van der Waals surface area (Å²) in [4.78, 5) is 24.7. The van der Waals surface area contributed by atoms with Crippen molar-refractivity contribution in [1.29, 1.82) is 0 Å². The zero-order valence-corrected chi connectivity index (χ0v) is 15.4. The van der Waals surface area contributed by atoms with Crippen molar-refractivity contribution in [3.63, 3.8) is 0 Å². The van der Waals surface area contributed by atoms with Gasteiger partial charge in [0.05, 0.1) is 17.8 Å². The van der Waals surface area contributed by atoms with Crippen molar-refractivity contribution in [2.75, 3.05) is 19.5 Å². The standard InChI is InChI=1S/C18H21ClN2O4/c1-5-21-10(2)6-12(11(21)3)16(22)9-25-18(23)13-7-14(19)15(20)8-17(13)24-4/h6-8H,5,9,20H2,1-4H3. The van der Waals surface area contributed by atoms with E-state index in [0.717, 1.165) is 17.9 Å². The first kappa shape index (κ1) is 18.9. The van der Waals surface area contributed by atoms with Crippen molar-refractivity contribution in [2.24, 2.45) is 0 Å². The highest BCUT2D eigenvalue weighted by Crippen LogP contribution is 2.29. The maximum absolute atomic E-state index is 12.4. The molecule has 1 aromatic heterocycles. The van der Waals surface area contributed by atoms with Crippen molar-refractivity contribution >= 4 is 29.0 Å². The topological polar surface area (TPSA) is 83.5 Å². The number of carbonyl (C=O) groups is 2. The fraction of sp³-hybridized carbons (Fsp3) is 0.333. The maximum atomic E-state index is 12.4. The van der Waals surface area contributed by atoms with Crippen molar-refractivity contribution in [3.05, 3.63) is 45.7 Å². The van der Waals surface area contributed by atoms with Gasteiger partial charge in [-0.15, -0.1) is 0 Å². The van der Waals surface area contributed by atoms with Crippen LogP contribution in [0.5, 0.6) is 5.75 Å². The zero-order chi connectivity index (χ0) is 18.7. The van der Waals surface area contributed by atoms with E-state index >= 15 is 0 Å². The van der Waals surface area contributed by atoms with Crippen LogP contribution in [0.15, 0.2) is 18.2 Å². The first-order valence-corrected chi connectivity index (χ1v) is 8.18. The Balaban J connectivity index is 2.15. The number of Topliss-reactive ketones (excluding diaryl/α,β-unsaturated/α-hetero) is 1.